The lowest BCUT2D eigenvalue weighted by molar-refractivity contribution is 0.500. The minimum absolute atomic E-state index is 0.110. The first-order valence-electron chi connectivity index (χ1n) is 6.29. The van der Waals surface area contributed by atoms with E-state index in [1.54, 1.807) is 12.5 Å². The van der Waals surface area contributed by atoms with Crippen LogP contribution >= 0.6 is 12.2 Å². The van der Waals surface area contributed by atoms with Gasteiger partial charge >= 0.3 is 0 Å². The summed E-state index contributed by atoms with van der Waals surface area (Å²) in [6.07, 6.45) is 3.45. The summed E-state index contributed by atoms with van der Waals surface area (Å²) in [6.45, 7) is 5.56. The maximum absolute atomic E-state index is 5.26. The van der Waals surface area contributed by atoms with E-state index in [4.69, 9.17) is 16.6 Å². The van der Waals surface area contributed by atoms with Crippen molar-refractivity contribution in [3.8, 4) is 0 Å². The minimum Gasteiger partial charge on any atom is -0.467 e. The highest BCUT2D eigenvalue weighted by Gasteiger charge is 2.11. The lowest BCUT2D eigenvalue weighted by Gasteiger charge is -2.17. The average molecular weight is 278 g/mol. The second kappa shape index (κ2) is 6.38. The molecule has 0 aliphatic rings. The summed E-state index contributed by atoms with van der Waals surface area (Å²) in [6, 6.07) is 5.87. The van der Waals surface area contributed by atoms with E-state index in [1.165, 1.54) is 0 Å². The number of hydrogen-bond acceptors (Lipinski definition) is 3. The Hall–Kier alpha value is -1.82. The monoisotopic (exact) mass is 278 g/mol. The van der Waals surface area contributed by atoms with E-state index in [1.807, 2.05) is 22.9 Å². The van der Waals surface area contributed by atoms with E-state index in [-0.39, 0.29) is 6.04 Å². The summed E-state index contributed by atoms with van der Waals surface area (Å²) in [5.41, 5.74) is 1.12. The molecular formula is C13H18N4OS. The van der Waals surface area contributed by atoms with Crippen LogP contribution in [0.4, 0.5) is 0 Å². The third-order valence-electron chi connectivity index (χ3n) is 2.84. The Bertz CT molecular complexity index is 520. The Kier molecular flexibility index (Phi) is 4.57. The van der Waals surface area contributed by atoms with Gasteiger partial charge in [-0.15, -0.1) is 0 Å². The van der Waals surface area contributed by atoms with Crippen molar-refractivity contribution in [3.05, 3.63) is 42.1 Å². The largest absolute Gasteiger partial charge is 0.467 e. The summed E-state index contributed by atoms with van der Waals surface area (Å²) in [7, 11) is 0. The smallest absolute Gasteiger partial charge is 0.167 e. The van der Waals surface area contributed by atoms with Crippen LogP contribution in [0.3, 0.4) is 0 Å². The molecule has 0 spiro atoms. The highest BCUT2D eigenvalue weighted by atomic mass is 32.1. The average Bonchev–Trinajstić information content (AvgIpc) is 3.07. The molecule has 0 bridgehead atoms. The van der Waals surface area contributed by atoms with Gasteiger partial charge in [0.25, 0.3) is 0 Å². The predicted molar refractivity (Wildman–Crippen MR) is 77.6 cm³/mol. The van der Waals surface area contributed by atoms with Crippen molar-refractivity contribution in [1.29, 1.82) is 0 Å². The van der Waals surface area contributed by atoms with Gasteiger partial charge in [-0.2, -0.15) is 5.10 Å². The fraction of sp³-hybridized carbons (Fsp3) is 0.385. The van der Waals surface area contributed by atoms with Crippen molar-refractivity contribution < 1.29 is 4.42 Å². The normalized spacial score (nSPS) is 12.1. The maximum Gasteiger partial charge on any atom is 0.167 e. The number of aromatic nitrogens is 2. The second-order valence-electron chi connectivity index (χ2n) is 4.20. The molecule has 1 unspecified atom stereocenters. The fourth-order valence-corrected chi connectivity index (χ4v) is 2.13. The number of hydrogen-bond donors (Lipinski definition) is 2. The lowest BCUT2D eigenvalue weighted by atomic mass is 10.2. The van der Waals surface area contributed by atoms with Crippen LogP contribution in [-0.2, 0) is 13.1 Å². The molecular weight excluding hydrogens is 260 g/mol. The van der Waals surface area contributed by atoms with Crippen LogP contribution in [0.2, 0.25) is 0 Å². The standard InChI is InChI=1S/C13H18N4OS/c1-3-17-12(6-7-15-17)10(2)16-13(19)14-9-11-5-4-8-18-11/h4-8,10H,3,9H2,1-2H3,(H2,14,16,19). The van der Waals surface area contributed by atoms with Crippen LogP contribution in [0.25, 0.3) is 0 Å². The SMILES string of the molecule is CCn1nccc1C(C)NC(=S)NCc1ccco1. The van der Waals surface area contributed by atoms with Gasteiger partial charge in [-0.05, 0) is 44.3 Å². The van der Waals surface area contributed by atoms with Gasteiger partial charge in [0.2, 0.25) is 0 Å². The van der Waals surface area contributed by atoms with Crippen molar-refractivity contribution in [3.63, 3.8) is 0 Å². The zero-order chi connectivity index (χ0) is 13.7. The van der Waals surface area contributed by atoms with Crippen molar-refractivity contribution in [2.45, 2.75) is 33.0 Å². The molecule has 1 atom stereocenters. The molecule has 2 N–H and O–H groups in total. The molecule has 0 radical (unpaired) electrons. The van der Waals surface area contributed by atoms with Crippen molar-refractivity contribution in [2.75, 3.05) is 0 Å². The molecule has 2 rings (SSSR count). The molecule has 6 heteroatoms. The molecule has 0 saturated heterocycles. The third-order valence-corrected chi connectivity index (χ3v) is 3.11. The van der Waals surface area contributed by atoms with Crippen LogP contribution in [0, 0.1) is 0 Å². The van der Waals surface area contributed by atoms with Crippen LogP contribution in [0.5, 0.6) is 0 Å². The van der Waals surface area contributed by atoms with Gasteiger partial charge in [-0.25, -0.2) is 0 Å². The first kappa shape index (κ1) is 13.6. The highest BCUT2D eigenvalue weighted by molar-refractivity contribution is 7.80. The molecule has 2 aromatic heterocycles. The Labute approximate surface area is 118 Å². The molecule has 102 valence electrons. The summed E-state index contributed by atoms with van der Waals surface area (Å²) in [5, 5.41) is 11.2. The van der Waals surface area contributed by atoms with Crippen LogP contribution in [0.15, 0.2) is 35.1 Å². The highest BCUT2D eigenvalue weighted by Crippen LogP contribution is 2.11. The zero-order valence-corrected chi connectivity index (χ0v) is 11.9. The molecule has 0 fully saturated rings. The molecule has 0 amide bonds. The Morgan fingerprint density at radius 3 is 3.05 bits per heavy atom. The molecule has 0 aliphatic heterocycles. The number of aryl methyl sites for hydroxylation is 1. The number of nitrogens with one attached hydrogen (secondary N) is 2. The van der Waals surface area contributed by atoms with Gasteiger partial charge in [-0.3, -0.25) is 4.68 Å². The summed E-state index contributed by atoms with van der Waals surface area (Å²) in [4.78, 5) is 0. The Morgan fingerprint density at radius 2 is 2.37 bits per heavy atom. The Morgan fingerprint density at radius 1 is 1.53 bits per heavy atom. The van der Waals surface area contributed by atoms with Gasteiger partial charge in [0.15, 0.2) is 5.11 Å². The maximum atomic E-state index is 5.26. The quantitative estimate of drug-likeness (QED) is 0.821. The molecule has 0 aromatic carbocycles. The van der Waals surface area contributed by atoms with Gasteiger partial charge in [0.05, 0.1) is 24.5 Å². The van der Waals surface area contributed by atoms with Gasteiger partial charge in [-0.1, -0.05) is 0 Å². The summed E-state index contributed by atoms with van der Waals surface area (Å²) < 4.78 is 7.18. The topological polar surface area (TPSA) is 55.0 Å². The molecule has 2 aromatic rings. The number of furan rings is 1. The summed E-state index contributed by atoms with van der Waals surface area (Å²) in [5.74, 6) is 0.857. The molecule has 19 heavy (non-hydrogen) atoms. The van der Waals surface area contributed by atoms with Gasteiger partial charge in [0.1, 0.15) is 5.76 Å². The minimum atomic E-state index is 0.110. The molecule has 0 saturated carbocycles. The van der Waals surface area contributed by atoms with Gasteiger partial charge < -0.3 is 15.1 Å². The fourth-order valence-electron chi connectivity index (χ4n) is 1.88. The van der Waals surface area contributed by atoms with Crippen LogP contribution < -0.4 is 10.6 Å². The van der Waals surface area contributed by atoms with E-state index in [0.717, 1.165) is 18.0 Å². The van der Waals surface area contributed by atoms with E-state index in [2.05, 4.69) is 29.6 Å². The first-order valence-corrected chi connectivity index (χ1v) is 6.70. The first-order chi connectivity index (χ1) is 9.20. The van der Waals surface area contributed by atoms with E-state index >= 15 is 0 Å². The summed E-state index contributed by atoms with van der Waals surface area (Å²) >= 11 is 5.26. The number of rotatable bonds is 5. The van der Waals surface area contributed by atoms with E-state index in [9.17, 15) is 0 Å². The van der Waals surface area contributed by atoms with Crippen molar-refractivity contribution >= 4 is 17.3 Å². The lowest BCUT2D eigenvalue weighted by Crippen LogP contribution is -2.37. The number of thiocarbonyl (C=S) groups is 1. The Balaban J connectivity index is 1.85. The molecule has 2 heterocycles. The van der Waals surface area contributed by atoms with Gasteiger partial charge in [0, 0.05) is 12.7 Å². The van der Waals surface area contributed by atoms with Crippen LogP contribution in [0.1, 0.15) is 31.3 Å². The van der Waals surface area contributed by atoms with Crippen LogP contribution in [-0.4, -0.2) is 14.9 Å². The second-order valence-corrected chi connectivity index (χ2v) is 4.61. The van der Waals surface area contributed by atoms with Crippen molar-refractivity contribution in [2.24, 2.45) is 0 Å². The zero-order valence-electron chi connectivity index (χ0n) is 11.1. The van der Waals surface area contributed by atoms with Crippen molar-refractivity contribution in [1.82, 2.24) is 20.4 Å². The van der Waals surface area contributed by atoms with E-state index in [0.29, 0.717) is 11.7 Å². The molecule has 0 aliphatic carbocycles. The third kappa shape index (κ3) is 3.57. The molecule has 5 nitrogen and oxygen atoms in total. The van der Waals surface area contributed by atoms with E-state index < -0.39 is 0 Å². The predicted octanol–water partition coefficient (Wildman–Crippen LogP) is 2.22. The number of nitrogens with zero attached hydrogens (tertiary/aromatic N) is 2.